The molecule has 0 radical (unpaired) electrons. The van der Waals surface area contributed by atoms with Gasteiger partial charge in [-0.25, -0.2) is 0 Å². The number of nitrogens with one attached hydrogen (secondary N) is 1. The van der Waals surface area contributed by atoms with Gasteiger partial charge in [-0.2, -0.15) is 0 Å². The fraction of sp³-hybridized carbons (Fsp3) is 0.351. The third kappa shape index (κ3) is 5.23. The van der Waals surface area contributed by atoms with Crippen molar-refractivity contribution < 1.29 is 33.5 Å². The van der Waals surface area contributed by atoms with Crippen LogP contribution in [0, 0.1) is 0 Å². The molecule has 4 heterocycles. The van der Waals surface area contributed by atoms with Gasteiger partial charge in [-0.05, 0) is 97.9 Å². The van der Waals surface area contributed by atoms with Gasteiger partial charge in [0.05, 0.1) is 28.4 Å². The molecule has 9 nitrogen and oxygen atoms in total. The predicted octanol–water partition coefficient (Wildman–Crippen LogP) is 6.53. The standard InChI is InChI=1S/C37H40N2O7/c1-39-15-13-23-19-30(42-3)32-20-26(23)28(39)17-21-6-9-24(10-7-21)45-31-18-22(8-11-29(31)41-2)16-27-33-25(12-14-38-27)34(40)36(43-4)37(44-5)35(33)46-32/h6-11,18-20,27-28,38,40H,12-17H2,1-5H3/t27-,28?/m0/s1. The Hall–Kier alpha value is -4.60. The molecule has 1 unspecified atom stereocenters. The van der Waals surface area contributed by atoms with Gasteiger partial charge in [0.25, 0.3) is 0 Å². The van der Waals surface area contributed by atoms with Crippen LogP contribution in [-0.4, -0.2) is 58.6 Å². The Balaban J connectivity index is 1.47. The first-order valence-corrected chi connectivity index (χ1v) is 15.7. The molecule has 0 aliphatic carbocycles. The number of hydrogen-bond donors (Lipinski definition) is 2. The van der Waals surface area contributed by atoms with Gasteiger partial charge in [0.1, 0.15) is 5.75 Å². The lowest BCUT2D eigenvalue weighted by Crippen LogP contribution is -2.33. The summed E-state index contributed by atoms with van der Waals surface area (Å²) in [6.45, 7) is 1.60. The van der Waals surface area contributed by atoms with Crippen molar-refractivity contribution in [3.05, 3.63) is 88.0 Å². The molecule has 9 heteroatoms. The first kappa shape index (κ1) is 30.1. The van der Waals surface area contributed by atoms with Crippen LogP contribution in [0.1, 0.15) is 45.5 Å². The van der Waals surface area contributed by atoms with Crippen molar-refractivity contribution >= 4 is 0 Å². The third-order valence-corrected chi connectivity index (χ3v) is 9.52. The Morgan fingerprint density at radius 3 is 2.26 bits per heavy atom. The normalized spacial score (nSPS) is 18.7. The molecule has 4 aliphatic rings. The highest BCUT2D eigenvalue weighted by Gasteiger charge is 2.35. The molecule has 0 fully saturated rings. The topological polar surface area (TPSA) is 90.9 Å². The molecule has 2 N–H and O–H groups in total. The highest BCUT2D eigenvalue weighted by molar-refractivity contribution is 5.69. The number of phenols is 1. The first-order valence-electron chi connectivity index (χ1n) is 15.7. The highest BCUT2D eigenvalue weighted by Crippen LogP contribution is 2.55. The quantitative estimate of drug-likeness (QED) is 0.263. The van der Waals surface area contributed by atoms with Gasteiger partial charge in [0.2, 0.25) is 11.5 Å². The average molecular weight is 625 g/mol. The van der Waals surface area contributed by atoms with E-state index in [1.807, 2.05) is 30.3 Å². The van der Waals surface area contributed by atoms with Crippen LogP contribution in [0.3, 0.4) is 0 Å². The van der Waals surface area contributed by atoms with Crippen molar-refractivity contribution in [2.45, 2.75) is 37.8 Å². The number of hydrogen-bond acceptors (Lipinski definition) is 9. The van der Waals surface area contributed by atoms with Crippen LogP contribution >= 0.6 is 0 Å². The zero-order valence-corrected chi connectivity index (χ0v) is 26.9. The maximum atomic E-state index is 11.5. The summed E-state index contributed by atoms with van der Waals surface area (Å²) in [5.74, 6) is 4.37. The van der Waals surface area contributed by atoms with Crippen LogP contribution < -0.4 is 33.7 Å². The van der Waals surface area contributed by atoms with Crippen LogP contribution in [0.2, 0.25) is 0 Å². The van der Waals surface area contributed by atoms with E-state index in [4.69, 9.17) is 28.4 Å². The minimum Gasteiger partial charge on any atom is -0.504 e. The fourth-order valence-electron chi connectivity index (χ4n) is 7.14. The van der Waals surface area contributed by atoms with Gasteiger partial charge in [-0.1, -0.05) is 18.2 Å². The minimum atomic E-state index is -0.216. The number of fused-ring (bicyclic) bond motifs is 2. The van der Waals surface area contributed by atoms with E-state index in [1.54, 1.807) is 21.3 Å². The van der Waals surface area contributed by atoms with E-state index in [-0.39, 0.29) is 23.6 Å². The molecule has 8 rings (SSSR count). The van der Waals surface area contributed by atoms with Crippen LogP contribution in [0.4, 0.5) is 0 Å². The molecular formula is C37H40N2O7. The summed E-state index contributed by atoms with van der Waals surface area (Å²) in [4.78, 5) is 2.39. The molecule has 4 aliphatic heterocycles. The van der Waals surface area contributed by atoms with Gasteiger partial charge in [0.15, 0.2) is 34.5 Å². The van der Waals surface area contributed by atoms with E-state index >= 15 is 0 Å². The largest absolute Gasteiger partial charge is 0.504 e. The zero-order valence-electron chi connectivity index (χ0n) is 26.9. The molecule has 0 aromatic heterocycles. The molecule has 6 bridgehead atoms. The molecule has 240 valence electrons. The van der Waals surface area contributed by atoms with Crippen molar-refractivity contribution in [3.63, 3.8) is 0 Å². The summed E-state index contributed by atoms with van der Waals surface area (Å²) in [5.41, 5.74) is 6.25. The van der Waals surface area contributed by atoms with E-state index in [2.05, 4.69) is 41.5 Å². The summed E-state index contributed by atoms with van der Waals surface area (Å²) in [7, 11) is 8.57. The van der Waals surface area contributed by atoms with E-state index in [1.165, 1.54) is 23.8 Å². The molecule has 0 saturated carbocycles. The first-order chi connectivity index (χ1) is 22.4. The van der Waals surface area contributed by atoms with E-state index in [0.29, 0.717) is 53.9 Å². The second kappa shape index (κ2) is 12.3. The maximum Gasteiger partial charge on any atom is 0.208 e. The second-order valence-electron chi connectivity index (χ2n) is 12.1. The van der Waals surface area contributed by atoms with Gasteiger partial charge in [-0.3, -0.25) is 4.90 Å². The van der Waals surface area contributed by atoms with Crippen LogP contribution in [-0.2, 0) is 25.7 Å². The molecule has 4 aromatic rings. The molecule has 0 saturated heterocycles. The molecular weight excluding hydrogens is 584 g/mol. The number of phenolic OH excluding ortho intramolecular Hbond substituents is 1. The molecule has 2 atom stereocenters. The second-order valence-corrected chi connectivity index (χ2v) is 12.1. The lowest BCUT2D eigenvalue weighted by atomic mass is 9.87. The maximum absolute atomic E-state index is 11.5. The summed E-state index contributed by atoms with van der Waals surface area (Å²) in [6, 6.07) is 18.4. The number of aromatic hydroxyl groups is 1. The third-order valence-electron chi connectivity index (χ3n) is 9.52. The van der Waals surface area contributed by atoms with E-state index in [9.17, 15) is 5.11 Å². The zero-order chi connectivity index (χ0) is 31.9. The number of benzene rings is 4. The number of methoxy groups -OCH3 is 4. The van der Waals surface area contributed by atoms with Crippen LogP contribution in [0.5, 0.6) is 51.7 Å². The van der Waals surface area contributed by atoms with Gasteiger partial charge in [0, 0.05) is 29.8 Å². The van der Waals surface area contributed by atoms with E-state index < -0.39 is 0 Å². The summed E-state index contributed by atoms with van der Waals surface area (Å²) in [6.07, 6.45) is 2.90. The Morgan fingerprint density at radius 2 is 1.52 bits per heavy atom. The van der Waals surface area contributed by atoms with Crippen LogP contribution in [0.25, 0.3) is 0 Å². The van der Waals surface area contributed by atoms with Crippen molar-refractivity contribution in [3.8, 4) is 51.7 Å². The molecule has 46 heavy (non-hydrogen) atoms. The summed E-state index contributed by atoms with van der Waals surface area (Å²) in [5, 5.41) is 15.1. The molecule has 0 amide bonds. The Kier molecular flexibility index (Phi) is 8.04. The highest BCUT2D eigenvalue weighted by atomic mass is 16.5. The number of nitrogens with zero attached hydrogens (tertiary/aromatic N) is 1. The molecule has 0 spiro atoms. The van der Waals surface area contributed by atoms with Crippen molar-refractivity contribution in [2.75, 3.05) is 48.6 Å². The summed E-state index contributed by atoms with van der Waals surface area (Å²) < 4.78 is 36.5. The Bertz CT molecular complexity index is 1770. The van der Waals surface area contributed by atoms with Gasteiger partial charge < -0.3 is 38.8 Å². The SMILES string of the molecule is COc1ccc2cc1Oc1ccc(cc1)CC1c3cc(c(OC)cc3CCN1C)Oc1c(OC)c(OC)c(O)c3c1[C@H](C2)NCC3. The van der Waals surface area contributed by atoms with Crippen LogP contribution in [0.15, 0.2) is 54.6 Å². The smallest absolute Gasteiger partial charge is 0.208 e. The Labute approximate surface area is 269 Å². The minimum absolute atomic E-state index is 0.0659. The lowest BCUT2D eigenvalue weighted by molar-refractivity contribution is 0.228. The molecule has 4 aromatic carbocycles. The fourth-order valence-corrected chi connectivity index (χ4v) is 7.14. The predicted molar refractivity (Wildman–Crippen MR) is 175 cm³/mol. The van der Waals surface area contributed by atoms with Crippen molar-refractivity contribution in [2.24, 2.45) is 0 Å². The van der Waals surface area contributed by atoms with E-state index in [0.717, 1.165) is 41.8 Å². The number of rotatable bonds is 4. The van der Waals surface area contributed by atoms with Gasteiger partial charge in [-0.15, -0.1) is 0 Å². The van der Waals surface area contributed by atoms with Gasteiger partial charge >= 0.3 is 0 Å². The lowest BCUT2D eigenvalue weighted by Gasteiger charge is -2.36. The Morgan fingerprint density at radius 1 is 0.783 bits per heavy atom. The summed E-state index contributed by atoms with van der Waals surface area (Å²) >= 11 is 0. The average Bonchev–Trinajstić information content (AvgIpc) is 3.07. The monoisotopic (exact) mass is 624 g/mol. The number of likely N-dealkylation sites (N-methyl/N-ethyl adjacent to an activating group) is 1. The number of ether oxygens (including phenoxy) is 6. The van der Waals surface area contributed by atoms with Crippen molar-refractivity contribution in [1.82, 2.24) is 10.2 Å². The van der Waals surface area contributed by atoms with Crippen molar-refractivity contribution in [1.29, 1.82) is 0 Å².